The number of aromatic nitrogens is 2. The topological polar surface area (TPSA) is 77.8 Å². The molecule has 1 unspecified atom stereocenters. The Hall–Kier alpha value is -1.75. The fraction of sp³-hybridized carbons (Fsp3) is 0.231. The molecule has 0 amide bonds. The molecule has 0 bridgehead atoms. The van der Waals surface area contributed by atoms with Crippen molar-refractivity contribution in [2.75, 3.05) is 17.2 Å². The predicted octanol–water partition coefficient (Wildman–Crippen LogP) is 2.07. The minimum atomic E-state index is 0.430. The van der Waals surface area contributed by atoms with Crippen molar-refractivity contribution in [3.8, 4) is 0 Å². The first-order chi connectivity index (χ1) is 8.72. The maximum absolute atomic E-state index is 5.64. The molecule has 0 aliphatic heterocycles. The van der Waals surface area contributed by atoms with Gasteiger partial charge in [-0.05, 0) is 23.5 Å². The molecule has 0 fully saturated rings. The zero-order valence-corrected chi connectivity index (χ0v) is 10.7. The lowest BCUT2D eigenvalue weighted by Crippen LogP contribution is -2.19. The van der Waals surface area contributed by atoms with Gasteiger partial charge in [0.05, 0.1) is 0 Å². The van der Waals surface area contributed by atoms with E-state index in [4.69, 9.17) is 11.5 Å². The summed E-state index contributed by atoms with van der Waals surface area (Å²) in [5, 5.41) is 0.664. The second-order valence-corrected chi connectivity index (χ2v) is 5.40. The molecular weight excluding hydrogens is 244 g/mol. The van der Waals surface area contributed by atoms with Crippen LogP contribution in [0.1, 0.15) is 17.0 Å². The third-order valence-corrected chi connectivity index (χ3v) is 4.13. The highest BCUT2D eigenvalue weighted by atomic mass is 32.2. The number of nitrogen functional groups attached to an aromatic ring is 2. The Morgan fingerprint density at radius 3 is 2.61 bits per heavy atom. The first kappa shape index (κ1) is 11.3. The van der Waals surface area contributed by atoms with Gasteiger partial charge in [0.25, 0.3) is 0 Å². The van der Waals surface area contributed by atoms with Gasteiger partial charge in [-0.1, -0.05) is 36.0 Å². The van der Waals surface area contributed by atoms with Crippen molar-refractivity contribution in [3.05, 3.63) is 41.5 Å². The Morgan fingerprint density at radius 2 is 1.89 bits per heavy atom. The SMILES string of the molecule is Nc1cc(N)nc(SCC2Cc3ccccc32)n1. The van der Waals surface area contributed by atoms with Crippen LogP contribution >= 0.6 is 11.8 Å². The lowest BCUT2D eigenvalue weighted by atomic mass is 9.79. The van der Waals surface area contributed by atoms with E-state index in [0.29, 0.717) is 22.7 Å². The molecule has 3 rings (SSSR count). The summed E-state index contributed by atoms with van der Waals surface area (Å²) in [5.74, 6) is 2.43. The zero-order chi connectivity index (χ0) is 12.5. The molecule has 5 heteroatoms. The van der Waals surface area contributed by atoms with Gasteiger partial charge < -0.3 is 11.5 Å². The number of nitrogens with zero attached hydrogens (tertiary/aromatic N) is 2. The molecule has 1 aliphatic carbocycles. The van der Waals surface area contributed by atoms with Crippen LogP contribution in [0.5, 0.6) is 0 Å². The lowest BCUT2D eigenvalue weighted by molar-refractivity contribution is 0.676. The molecule has 0 saturated heterocycles. The van der Waals surface area contributed by atoms with E-state index >= 15 is 0 Å². The molecule has 0 radical (unpaired) electrons. The quantitative estimate of drug-likeness (QED) is 0.651. The van der Waals surface area contributed by atoms with E-state index in [2.05, 4.69) is 34.2 Å². The third kappa shape index (κ3) is 2.13. The van der Waals surface area contributed by atoms with E-state index in [0.717, 1.165) is 12.2 Å². The second-order valence-electron chi connectivity index (χ2n) is 4.41. The van der Waals surface area contributed by atoms with Crippen LogP contribution in [0, 0.1) is 0 Å². The van der Waals surface area contributed by atoms with Crippen molar-refractivity contribution in [2.45, 2.75) is 17.5 Å². The number of benzene rings is 1. The van der Waals surface area contributed by atoms with E-state index in [1.54, 1.807) is 17.8 Å². The van der Waals surface area contributed by atoms with E-state index in [-0.39, 0.29) is 0 Å². The fourth-order valence-corrected chi connectivity index (χ4v) is 3.20. The van der Waals surface area contributed by atoms with Crippen LogP contribution in [0.2, 0.25) is 0 Å². The minimum Gasteiger partial charge on any atom is -0.383 e. The molecule has 0 saturated carbocycles. The molecule has 4 N–H and O–H groups in total. The molecule has 1 aromatic heterocycles. The summed E-state index contributed by atoms with van der Waals surface area (Å²) in [6.45, 7) is 0. The molecule has 4 nitrogen and oxygen atoms in total. The molecule has 1 heterocycles. The van der Waals surface area contributed by atoms with Gasteiger partial charge in [-0.15, -0.1) is 0 Å². The Kier molecular flexibility index (Phi) is 2.83. The van der Waals surface area contributed by atoms with Crippen LogP contribution in [0.3, 0.4) is 0 Å². The molecule has 18 heavy (non-hydrogen) atoms. The van der Waals surface area contributed by atoms with Crippen molar-refractivity contribution in [3.63, 3.8) is 0 Å². The van der Waals surface area contributed by atoms with Crippen molar-refractivity contribution < 1.29 is 0 Å². The van der Waals surface area contributed by atoms with E-state index < -0.39 is 0 Å². The highest BCUT2D eigenvalue weighted by molar-refractivity contribution is 7.99. The lowest BCUT2D eigenvalue weighted by Gasteiger charge is -2.29. The smallest absolute Gasteiger partial charge is 0.191 e. The molecule has 2 aromatic rings. The maximum atomic E-state index is 5.64. The van der Waals surface area contributed by atoms with Gasteiger partial charge in [0.1, 0.15) is 11.6 Å². The summed E-state index contributed by atoms with van der Waals surface area (Å²) in [6.07, 6.45) is 1.14. The van der Waals surface area contributed by atoms with Gasteiger partial charge in [-0.2, -0.15) is 0 Å². The zero-order valence-electron chi connectivity index (χ0n) is 9.84. The highest BCUT2D eigenvalue weighted by Crippen LogP contribution is 2.38. The number of hydrogen-bond acceptors (Lipinski definition) is 5. The predicted molar refractivity (Wildman–Crippen MR) is 74.5 cm³/mol. The van der Waals surface area contributed by atoms with E-state index in [9.17, 15) is 0 Å². The Labute approximate surface area is 110 Å². The minimum absolute atomic E-state index is 0.430. The summed E-state index contributed by atoms with van der Waals surface area (Å²) < 4.78 is 0. The number of fused-ring (bicyclic) bond motifs is 1. The molecule has 1 aromatic carbocycles. The summed E-state index contributed by atoms with van der Waals surface area (Å²) in [4.78, 5) is 8.34. The third-order valence-electron chi connectivity index (χ3n) is 3.12. The average Bonchev–Trinajstić information content (AvgIpc) is 2.29. The van der Waals surface area contributed by atoms with Gasteiger partial charge in [0, 0.05) is 11.8 Å². The number of rotatable bonds is 3. The Morgan fingerprint density at radius 1 is 1.17 bits per heavy atom. The molecule has 1 atom stereocenters. The largest absolute Gasteiger partial charge is 0.383 e. The fourth-order valence-electron chi connectivity index (χ4n) is 2.21. The highest BCUT2D eigenvalue weighted by Gasteiger charge is 2.25. The van der Waals surface area contributed by atoms with Crippen molar-refractivity contribution in [1.82, 2.24) is 9.97 Å². The first-order valence-electron chi connectivity index (χ1n) is 5.83. The van der Waals surface area contributed by atoms with Gasteiger partial charge >= 0.3 is 0 Å². The van der Waals surface area contributed by atoms with Crippen LogP contribution in [0.15, 0.2) is 35.5 Å². The second kappa shape index (κ2) is 4.49. The molecular formula is C13H14N4S. The van der Waals surface area contributed by atoms with Crippen LogP contribution in [0.25, 0.3) is 0 Å². The molecule has 1 aliphatic rings. The average molecular weight is 258 g/mol. The summed E-state index contributed by atoms with van der Waals surface area (Å²) in [5.41, 5.74) is 14.2. The normalized spacial score (nSPS) is 17.0. The van der Waals surface area contributed by atoms with Crippen LogP contribution in [-0.4, -0.2) is 15.7 Å². The van der Waals surface area contributed by atoms with E-state index in [1.165, 1.54) is 11.1 Å². The van der Waals surface area contributed by atoms with Gasteiger partial charge in [0.2, 0.25) is 0 Å². The molecule has 0 spiro atoms. The summed E-state index contributed by atoms with van der Waals surface area (Å²) >= 11 is 1.61. The standard InChI is InChI=1S/C13H14N4S/c14-11-6-12(15)17-13(16-11)18-7-9-5-8-3-1-2-4-10(8)9/h1-4,6,9H,5,7H2,(H4,14,15,16,17). The number of anilines is 2. The van der Waals surface area contributed by atoms with Gasteiger partial charge in [0.15, 0.2) is 5.16 Å². The monoisotopic (exact) mass is 258 g/mol. The van der Waals surface area contributed by atoms with Crippen LogP contribution in [-0.2, 0) is 6.42 Å². The van der Waals surface area contributed by atoms with Crippen molar-refractivity contribution in [2.24, 2.45) is 0 Å². The number of nitrogens with two attached hydrogens (primary N) is 2. The van der Waals surface area contributed by atoms with Crippen LogP contribution < -0.4 is 11.5 Å². The van der Waals surface area contributed by atoms with Crippen molar-refractivity contribution in [1.29, 1.82) is 0 Å². The van der Waals surface area contributed by atoms with Crippen molar-refractivity contribution >= 4 is 23.4 Å². The van der Waals surface area contributed by atoms with Gasteiger partial charge in [-0.3, -0.25) is 0 Å². The van der Waals surface area contributed by atoms with Crippen LogP contribution in [0.4, 0.5) is 11.6 Å². The summed E-state index contributed by atoms with van der Waals surface area (Å²) in [6, 6.07) is 10.1. The Balaban J connectivity index is 1.66. The maximum Gasteiger partial charge on any atom is 0.191 e. The number of thioether (sulfide) groups is 1. The Bertz CT molecular complexity index is 565. The first-order valence-corrected chi connectivity index (χ1v) is 6.81. The number of hydrogen-bond donors (Lipinski definition) is 2. The summed E-state index contributed by atoms with van der Waals surface area (Å²) in [7, 11) is 0. The molecule has 92 valence electrons. The van der Waals surface area contributed by atoms with Gasteiger partial charge in [-0.25, -0.2) is 9.97 Å². The van der Waals surface area contributed by atoms with E-state index in [1.807, 2.05) is 0 Å².